The van der Waals surface area contributed by atoms with Gasteiger partial charge in [0.25, 0.3) is 0 Å². The molecule has 1 N–H and O–H groups in total. The van der Waals surface area contributed by atoms with E-state index >= 15 is 0 Å². The van der Waals surface area contributed by atoms with Crippen molar-refractivity contribution >= 4 is 6.09 Å². The first-order valence-electron chi connectivity index (χ1n) is 6.94. The molecule has 0 aromatic heterocycles. The second kappa shape index (κ2) is 7.58. The number of nitrogens with one attached hydrogen (secondary N) is 1. The van der Waals surface area contributed by atoms with E-state index in [0.717, 1.165) is 0 Å². The maximum Gasteiger partial charge on any atom is 0.408 e. The van der Waals surface area contributed by atoms with Crippen molar-refractivity contribution in [3.05, 3.63) is 17.7 Å². The van der Waals surface area contributed by atoms with Gasteiger partial charge in [-0.15, -0.1) is 0 Å². The van der Waals surface area contributed by atoms with E-state index in [1.807, 2.05) is 6.07 Å². The molecule has 0 heterocycles. The van der Waals surface area contributed by atoms with E-state index in [2.05, 4.69) is 5.32 Å². The molecule has 1 amide bonds. The molecule has 23 heavy (non-hydrogen) atoms. The minimum Gasteiger partial charge on any atom is -0.493 e. The molecular formula is C16H22N2O5. The molecule has 0 unspecified atom stereocenters. The number of ether oxygens (including phenoxy) is 4. The lowest BCUT2D eigenvalue weighted by atomic mass is 10.1. The van der Waals surface area contributed by atoms with Gasteiger partial charge in [-0.1, -0.05) is 0 Å². The first-order chi connectivity index (χ1) is 10.8. The molecule has 7 heteroatoms. The Morgan fingerprint density at radius 1 is 1.13 bits per heavy atom. The van der Waals surface area contributed by atoms with Gasteiger partial charge < -0.3 is 24.3 Å². The standard InChI is InChI=1S/C16H22N2O5/c1-16(2,3)23-15(19)18-11(9-17)10-7-12(20-4)14(22-6)13(8-10)21-5/h7-8,11H,1-6H3,(H,18,19)/t11-/m1/s1. The van der Waals surface area contributed by atoms with Crippen molar-refractivity contribution in [2.45, 2.75) is 32.4 Å². The second-order valence-electron chi connectivity index (χ2n) is 5.67. The summed E-state index contributed by atoms with van der Waals surface area (Å²) in [6, 6.07) is 4.30. The smallest absolute Gasteiger partial charge is 0.408 e. The fourth-order valence-electron chi connectivity index (χ4n) is 1.88. The normalized spacial score (nSPS) is 11.9. The van der Waals surface area contributed by atoms with Crippen LogP contribution in [-0.4, -0.2) is 33.0 Å². The van der Waals surface area contributed by atoms with Gasteiger partial charge >= 0.3 is 6.09 Å². The number of hydrogen-bond donors (Lipinski definition) is 1. The largest absolute Gasteiger partial charge is 0.493 e. The third-order valence-corrected chi connectivity index (χ3v) is 2.81. The summed E-state index contributed by atoms with van der Waals surface area (Å²) in [6.07, 6.45) is -0.683. The first-order valence-corrected chi connectivity index (χ1v) is 6.94. The molecule has 0 aliphatic rings. The molecule has 0 spiro atoms. The second-order valence-corrected chi connectivity index (χ2v) is 5.67. The van der Waals surface area contributed by atoms with Crippen molar-refractivity contribution in [3.63, 3.8) is 0 Å². The number of carbonyl (C=O) groups excluding carboxylic acids is 1. The number of amides is 1. The van der Waals surface area contributed by atoms with Crippen molar-refractivity contribution in [1.82, 2.24) is 5.32 Å². The highest BCUT2D eigenvalue weighted by atomic mass is 16.6. The highest BCUT2D eigenvalue weighted by Crippen LogP contribution is 2.39. The van der Waals surface area contributed by atoms with Gasteiger partial charge in [-0.05, 0) is 38.5 Å². The predicted octanol–water partition coefficient (Wildman–Crippen LogP) is 2.80. The monoisotopic (exact) mass is 322 g/mol. The molecule has 0 saturated carbocycles. The van der Waals surface area contributed by atoms with Crippen LogP contribution in [0.2, 0.25) is 0 Å². The van der Waals surface area contributed by atoms with Crippen LogP contribution < -0.4 is 19.5 Å². The number of hydrogen-bond acceptors (Lipinski definition) is 6. The number of benzene rings is 1. The quantitative estimate of drug-likeness (QED) is 0.896. The van der Waals surface area contributed by atoms with E-state index < -0.39 is 17.7 Å². The maximum atomic E-state index is 11.9. The Bertz CT molecular complexity index is 576. The summed E-state index contributed by atoms with van der Waals surface area (Å²) in [7, 11) is 4.44. The summed E-state index contributed by atoms with van der Waals surface area (Å²) >= 11 is 0. The van der Waals surface area contributed by atoms with E-state index in [9.17, 15) is 10.1 Å². The van der Waals surface area contributed by atoms with Crippen LogP contribution in [0.25, 0.3) is 0 Å². The van der Waals surface area contributed by atoms with Crippen LogP contribution >= 0.6 is 0 Å². The van der Waals surface area contributed by atoms with Crippen molar-refractivity contribution in [3.8, 4) is 23.3 Å². The van der Waals surface area contributed by atoms with Gasteiger partial charge in [0.05, 0.1) is 27.4 Å². The molecule has 0 radical (unpaired) electrons. The molecular weight excluding hydrogens is 300 g/mol. The van der Waals surface area contributed by atoms with Crippen molar-refractivity contribution in [2.24, 2.45) is 0 Å². The summed E-state index contributed by atoms with van der Waals surface area (Å²) in [5, 5.41) is 11.9. The summed E-state index contributed by atoms with van der Waals surface area (Å²) < 4.78 is 20.9. The van der Waals surface area contributed by atoms with Gasteiger partial charge in [-0.2, -0.15) is 5.26 Å². The molecule has 1 aromatic carbocycles. The fraction of sp³-hybridized carbons (Fsp3) is 0.500. The molecule has 1 atom stereocenters. The number of rotatable bonds is 5. The molecule has 0 aliphatic heterocycles. The SMILES string of the molecule is COc1cc([C@@H](C#N)NC(=O)OC(C)(C)C)cc(OC)c1OC. The van der Waals surface area contributed by atoms with Gasteiger partial charge in [-0.3, -0.25) is 0 Å². The Kier molecular flexibility index (Phi) is 6.08. The van der Waals surface area contributed by atoms with Crippen LogP contribution in [0.4, 0.5) is 4.79 Å². The molecule has 1 aromatic rings. The van der Waals surface area contributed by atoms with E-state index in [1.165, 1.54) is 21.3 Å². The van der Waals surface area contributed by atoms with Crippen LogP contribution in [0.5, 0.6) is 17.2 Å². The van der Waals surface area contributed by atoms with Gasteiger partial charge in [-0.25, -0.2) is 4.79 Å². The number of carbonyl (C=O) groups is 1. The van der Waals surface area contributed by atoms with Crippen LogP contribution in [0.3, 0.4) is 0 Å². The average molecular weight is 322 g/mol. The van der Waals surface area contributed by atoms with Crippen LogP contribution in [0.1, 0.15) is 32.4 Å². The van der Waals surface area contributed by atoms with E-state index in [1.54, 1.807) is 32.9 Å². The minimum atomic E-state index is -0.918. The Morgan fingerprint density at radius 3 is 2.00 bits per heavy atom. The highest BCUT2D eigenvalue weighted by Gasteiger charge is 2.23. The first kappa shape index (κ1) is 18.4. The maximum absolute atomic E-state index is 11.9. The topological polar surface area (TPSA) is 89.8 Å². The van der Waals surface area contributed by atoms with Crippen LogP contribution in [-0.2, 0) is 4.74 Å². The number of alkyl carbamates (subject to hydrolysis) is 1. The Balaban J connectivity index is 3.11. The fourth-order valence-corrected chi connectivity index (χ4v) is 1.88. The predicted molar refractivity (Wildman–Crippen MR) is 83.8 cm³/mol. The summed E-state index contributed by atoms with van der Waals surface area (Å²) in [5.74, 6) is 1.20. The molecule has 0 aliphatic carbocycles. The van der Waals surface area contributed by atoms with Crippen molar-refractivity contribution < 1.29 is 23.7 Å². The summed E-state index contributed by atoms with van der Waals surface area (Å²) in [5.41, 5.74) is -0.160. The number of nitrogens with zero attached hydrogens (tertiary/aromatic N) is 1. The Labute approximate surface area is 136 Å². The lowest BCUT2D eigenvalue weighted by Crippen LogP contribution is -2.34. The summed E-state index contributed by atoms with van der Waals surface area (Å²) in [6.45, 7) is 5.23. The van der Waals surface area contributed by atoms with Crippen LogP contribution in [0, 0.1) is 11.3 Å². The lowest BCUT2D eigenvalue weighted by molar-refractivity contribution is 0.0515. The summed E-state index contributed by atoms with van der Waals surface area (Å²) in [4.78, 5) is 11.9. The van der Waals surface area contributed by atoms with Crippen LogP contribution in [0.15, 0.2) is 12.1 Å². The Morgan fingerprint density at radius 2 is 1.65 bits per heavy atom. The lowest BCUT2D eigenvalue weighted by Gasteiger charge is -2.22. The third kappa shape index (κ3) is 4.95. The van der Waals surface area contributed by atoms with Gasteiger partial charge in [0.2, 0.25) is 5.75 Å². The van der Waals surface area contributed by atoms with E-state index in [4.69, 9.17) is 18.9 Å². The Hall–Kier alpha value is -2.62. The zero-order valence-corrected chi connectivity index (χ0v) is 14.2. The van der Waals surface area contributed by atoms with Crippen molar-refractivity contribution in [2.75, 3.05) is 21.3 Å². The minimum absolute atomic E-state index is 0.396. The number of nitriles is 1. The molecule has 126 valence electrons. The van der Waals surface area contributed by atoms with E-state index in [-0.39, 0.29) is 0 Å². The van der Waals surface area contributed by atoms with Gasteiger partial charge in [0, 0.05) is 0 Å². The molecule has 0 fully saturated rings. The average Bonchev–Trinajstić information content (AvgIpc) is 2.49. The van der Waals surface area contributed by atoms with Gasteiger partial charge in [0.15, 0.2) is 11.5 Å². The van der Waals surface area contributed by atoms with E-state index in [0.29, 0.717) is 22.8 Å². The van der Waals surface area contributed by atoms with Gasteiger partial charge in [0.1, 0.15) is 11.6 Å². The number of methoxy groups -OCH3 is 3. The zero-order valence-electron chi connectivity index (χ0n) is 14.2. The zero-order chi connectivity index (χ0) is 17.6. The molecule has 0 saturated heterocycles. The molecule has 1 rings (SSSR count). The highest BCUT2D eigenvalue weighted by molar-refractivity contribution is 5.69. The third-order valence-electron chi connectivity index (χ3n) is 2.81. The molecule has 0 bridgehead atoms. The molecule has 7 nitrogen and oxygen atoms in total. The van der Waals surface area contributed by atoms with Crippen molar-refractivity contribution in [1.29, 1.82) is 5.26 Å².